The highest BCUT2D eigenvalue weighted by Gasteiger charge is 2.23. The van der Waals surface area contributed by atoms with Crippen LogP contribution in [-0.4, -0.2) is 76.0 Å². The van der Waals surface area contributed by atoms with Crippen molar-refractivity contribution < 1.29 is 19.0 Å². The minimum atomic E-state index is -0.478. The fourth-order valence-corrected chi connectivity index (χ4v) is 4.43. The van der Waals surface area contributed by atoms with Gasteiger partial charge in [-0.05, 0) is 32.2 Å². The average Bonchev–Trinajstić information content (AvgIpc) is 2.87. The fraction of sp³-hybridized carbons (Fsp3) is 0.385. The lowest BCUT2D eigenvalue weighted by Gasteiger charge is -2.35. The Balaban J connectivity index is 1.88. The minimum Gasteiger partial charge on any atom is -0.489 e. The van der Waals surface area contributed by atoms with Crippen LogP contribution in [-0.2, 0) is 9.47 Å². The monoisotopic (exact) mass is 532 g/mol. The number of carbonyl (C=O) groups is 1. The van der Waals surface area contributed by atoms with E-state index >= 15 is 0 Å². The maximum atomic E-state index is 12.9. The summed E-state index contributed by atoms with van der Waals surface area (Å²) < 4.78 is 16.6. The molecule has 8 nitrogen and oxygen atoms in total. The van der Waals surface area contributed by atoms with E-state index in [4.69, 9.17) is 37.4 Å². The molecule has 0 bridgehead atoms. The molecule has 1 N–H and O–H groups in total. The molecule has 2 heterocycles. The molecule has 0 atom stereocenters. The van der Waals surface area contributed by atoms with Crippen molar-refractivity contribution in [1.29, 1.82) is 0 Å². The lowest BCUT2D eigenvalue weighted by atomic mass is 10.1. The quantitative estimate of drug-likeness (QED) is 0.296. The summed E-state index contributed by atoms with van der Waals surface area (Å²) in [4.78, 5) is 22.1. The maximum absolute atomic E-state index is 12.9. The molecule has 0 unspecified atom stereocenters. The van der Waals surface area contributed by atoms with Gasteiger partial charge in [0.25, 0.3) is 0 Å². The van der Waals surface area contributed by atoms with Gasteiger partial charge in [0.2, 0.25) is 0 Å². The number of hydrogen-bond donors (Lipinski definition) is 1. The van der Waals surface area contributed by atoms with Gasteiger partial charge in [0.15, 0.2) is 0 Å². The van der Waals surface area contributed by atoms with Gasteiger partial charge in [-0.2, -0.15) is 0 Å². The third-order valence-corrected chi connectivity index (χ3v) is 6.86. The molecule has 0 amide bonds. The molecule has 2 aromatic carbocycles. The van der Waals surface area contributed by atoms with Crippen molar-refractivity contribution in [2.45, 2.75) is 6.92 Å². The summed E-state index contributed by atoms with van der Waals surface area (Å²) in [5.74, 6) is 0.237. The number of carbonyl (C=O) groups excluding carboxylic acids is 1. The number of ether oxygens (including phenoxy) is 3. The van der Waals surface area contributed by atoms with Gasteiger partial charge in [-0.3, -0.25) is 4.98 Å². The van der Waals surface area contributed by atoms with Crippen molar-refractivity contribution in [3.63, 3.8) is 0 Å². The highest BCUT2D eigenvalue weighted by molar-refractivity contribution is 6.43. The normalized spacial score (nSPS) is 14.2. The first-order chi connectivity index (χ1) is 17.4. The third kappa shape index (κ3) is 5.78. The number of rotatable bonds is 9. The van der Waals surface area contributed by atoms with E-state index in [1.165, 1.54) is 6.20 Å². The minimum absolute atomic E-state index is 0.243. The second kappa shape index (κ2) is 12.0. The molecule has 4 rings (SSSR count). The highest BCUT2D eigenvalue weighted by Crippen LogP contribution is 2.40. The van der Waals surface area contributed by atoms with Gasteiger partial charge in [0, 0.05) is 50.9 Å². The van der Waals surface area contributed by atoms with Gasteiger partial charge >= 0.3 is 5.97 Å². The molecule has 192 valence electrons. The molecule has 1 aliphatic heterocycles. The van der Waals surface area contributed by atoms with Crippen LogP contribution in [0.3, 0.4) is 0 Å². The molecule has 1 fully saturated rings. The Morgan fingerprint density at radius 2 is 1.92 bits per heavy atom. The van der Waals surface area contributed by atoms with E-state index in [2.05, 4.69) is 27.1 Å². The van der Waals surface area contributed by atoms with Crippen molar-refractivity contribution in [3.05, 3.63) is 52.1 Å². The predicted molar refractivity (Wildman–Crippen MR) is 145 cm³/mol. The van der Waals surface area contributed by atoms with Crippen LogP contribution in [0.2, 0.25) is 10.0 Å². The molecule has 1 aromatic heterocycles. The Labute approximate surface area is 221 Å². The summed E-state index contributed by atoms with van der Waals surface area (Å²) in [7, 11) is 3.75. The van der Waals surface area contributed by atoms with Crippen LogP contribution in [0.15, 0.2) is 36.5 Å². The zero-order chi connectivity index (χ0) is 25.7. The number of piperazine rings is 1. The van der Waals surface area contributed by atoms with Crippen LogP contribution < -0.4 is 15.0 Å². The summed E-state index contributed by atoms with van der Waals surface area (Å²) in [6.07, 6.45) is 1.51. The standard InChI is InChI=1S/C26H30Cl2N4O4/c1-4-35-26(33)18-16-29-21-15-23(36-13-12-34-3)22(32-10-8-31(2)9-11-32)14-17(21)25(18)30-20-7-5-6-19(27)24(20)28/h5-7,14-16H,4,8-13H2,1-3H3,(H,29,30). The smallest absolute Gasteiger partial charge is 0.341 e. The number of esters is 1. The molecule has 10 heteroatoms. The van der Waals surface area contributed by atoms with Gasteiger partial charge in [-0.15, -0.1) is 0 Å². The second-order valence-corrected chi connectivity index (χ2v) is 9.25. The SMILES string of the molecule is CCOC(=O)c1cnc2cc(OCCOC)c(N3CCN(C)CC3)cc2c1Nc1cccc(Cl)c1Cl. The van der Waals surface area contributed by atoms with Gasteiger partial charge in [0.1, 0.15) is 17.9 Å². The molecular weight excluding hydrogens is 503 g/mol. The number of fused-ring (bicyclic) bond motifs is 1. The van der Waals surface area contributed by atoms with Crippen molar-refractivity contribution in [2.75, 3.05) is 70.4 Å². The molecule has 1 aliphatic rings. The fourth-order valence-electron chi connectivity index (χ4n) is 4.09. The maximum Gasteiger partial charge on any atom is 0.341 e. The zero-order valence-electron chi connectivity index (χ0n) is 20.6. The first kappa shape index (κ1) is 26.3. The Morgan fingerprint density at radius 1 is 1.14 bits per heavy atom. The molecule has 0 saturated carbocycles. The van der Waals surface area contributed by atoms with Crippen molar-refractivity contribution >= 4 is 57.1 Å². The van der Waals surface area contributed by atoms with Gasteiger partial charge < -0.3 is 29.3 Å². The Hall–Kier alpha value is -2.78. The van der Waals surface area contributed by atoms with E-state index in [0.29, 0.717) is 51.5 Å². The van der Waals surface area contributed by atoms with E-state index in [1.54, 1.807) is 32.2 Å². The number of nitrogens with zero attached hydrogens (tertiary/aromatic N) is 3. The average molecular weight is 533 g/mol. The second-order valence-electron chi connectivity index (χ2n) is 8.46. The van der Waals surface area contributed by atoms with Crippen LogP contribution in [0.4, 0.5) is 17.1 Å². The largest absolute Gasteiger partial charge is 0.489 e. The van der Waals surface area contributed by atoms with Gasteiger partial charge in [0.05, 0.1) is 45.8 Å². The lowest BCUT2D eigenvalue weighted by Crippen LogP contribution is -2.44. The van der Waals surface area contributed by atoms with Crippen molar-refractivity contribution in [3.8, 4) is 5.75 Å². The molecule has 36 heavy (non-hydrogen) atoms. The summed E-state index contributed by atoms with van der Waals surface area (Å²) in [5.41, 5.74) is 3.01. The van der Waals surface area contributed by atoms with Crippen LogP contribution in [0.1, 0.15) is 17.3 Å². The molecule has 1 saturated heterocycles. The Morgan fingerprint density at radius 3 is 2.64 bits per heavy atom. The first-order valence-corrected chi connectivity index (χ1v) is 12.6. The van der Waals surface area contributed by atoms with Crippen LogP contribution in [0, 0.1) is 0 Å². The summed E-state index contributed by atoms with van der Waals surface area (Å²) in [5, 5.41) is 4.83. The molecule has 0 radical (unpaired) electrons. The topological polar surface area (TPSA) is 76.2 Å². The number of likely N-dealkylation sites (N-methyl/N-ethyl adjacent to an activating group) is 1. The molecule has 3 aromatic rings. The molecule has 0 spiro atoms. The summed E-state index contributed by atoms with van der Waals surface area (Å²) in [6.45, 7) is 6.44. The van der Waals surface area contributed by atoms with Gasteiger partial charge in [-0.25, -0.2) is 4.79 Å². The van der Waals surface area contributed by atoms with Crippen LogP contribution in [0.5, 0.6) is 5.75 Å². The zero-order valence-corrected chi connectivity index (χ0v) is 22.2. The van der Waals surface area contributed by atoms with Crippen molar-refractivity contribution in [2.24, 2.45) is 0 Å². The number of hydrogen-bond acceptors (Lipinski definition) is 8. The van der Waals surface area contributed by atoms with Crippen LogP contribution >= 0.6 is 23.2 Å². The lowest BCUT2D eigenvalue weighted by molar-refractivity contribution is 0.0527. The first-order valence-electron chi connectivity index (χ1n) is 11.8. The van der Waals surface area contributed by atoms with E-state index < -0.39 is 5.97 Å². The number of nitrogens with one attached hydrogen (secondary N) is 1. The van der Waals surface area contributed by atoms with Gasteiger partial charge in [-0.1, -0.05) is 29.3 Å². The number of aromatic nitrogens is 1. The van der Waals surface area contributed by atoms with E-state index in [0.717, 1.165) is 37.3 Å². The van der Waals surface area contributed by atoms with E-state index in [-0.39, 0.29) is 6.61 Å². The number of pyridine rings is 1. The third-order valence-electron chi connectivity index (χ3n) is 6.04. The van der Waals surface area contributed by atoms with E-state index in [9.17, 15) is 4.79 Å². The summed E-state index contributed by atoms with van der Waals surface area (Å²) in [6, 6.07) is 9.22. The Bertz CT molecular complexity index is 1230. The number of anilines is 3. The number of halogens is 2. The number of benzene rings is 2. The molecular formula is C26H30Cl2N4O4. The highest BCUT2D eigenvalue weighted by atomic mass is 35.5. The predicted octanol–water partition coefficient (Wildman–Crippen LogP) is 5.24. The van der Waals surface area contributed by atoms with E-state index in [1.807, 2.05) is 12.1 Å². The Kier molecular flexibility index (Phi) is 8.74. The molecule has 0 aliphatic carbocycles. The summed E-state index contributed by atoms with van der Waals surface area (Å²) >= 11 is 12.7. The van der Waals surface area contributed by atoms with Crippen molar-refractivity contribution in [1.82, 2.24) is 9.88 Å². The van der Waals surface area contributed by atoms with Crippen LogP contribution in [0.25, 0.3) is 10.9 Å². The number of methoxy groups -OCH3 is 1.